The first-order chi connectivity index (χ1) is 47.7. The van der Waals surface area contributed by atoms with Crippen LogP contribution in [0.3, 0.4) is 0 Å². The van der Waals surface area contributed by atoms with Crippen LogP contribution in [0.15, 0.2) is 0 Å². The fourth-order valence-electron chi connectivity index (χ4n) is 12.3. The van der Waals surface area contributed by atoms with Gasteiger partial charge in [-0.3, -0.25) is 37.3 Å². The lowest BCUT2D eigenvalue weighted by Crippen LogP contribution is -2.30. The van der Waals surface area contributed by atoms with Crippen LogP contribution < -0.4 is 0 Å². The molecule has 5 atom stereocenters. The van der Waals surface area contributed by atoms with E-state index in [1.54, 1.807) is 0 Å². The third-order valence-corrected chi connectivity index (χ3v) is 20.5. The third-order valence-electron chi connectivity index (χ3n) is 18.6. The SMILES string of the molecule is CCCCCCCCCCCCCCCCCCCCCCCCC(=O)O[C@H](COC(=O)CCCCCCCCCCCCCCCCCCCC)COP(=O)(O)OC[C@@H](O)COP(=O)(O)OC[C@@H](COC(=O)CCCCCCCCCCC)OC(=O)CCCCCCCCCCC. The first-order valence-electron chi connectivity index (χ1n) is 41.3. The Labute approximate surface area is 600 Å². The maximum Gasteiger partial charge on any atom is 0.472 e. The molecule has 0 saturated heterocycles. The fourth-order valence-corrected chi connectivity index (χ4v) is 13.9. The number of hydrogen-bond donors (Lipinski definition) is 3. The van der Waals surface area contributed by atoms with Crippen LogP contribution in [-0.2, 0) is 65.4 Å². The quantitative estimate of drug-likeness (QED) is 0.0222. The van der Waals surface area contributed by atoms with Crippen LogP contribution in [0.5, 0.6) is 0 Å². The molecular weight excluding hydrogens is 1280 g/mol. The first-order valence-corrected chi connectivity index (χ1v) is 44.3. The number of unbranched alkanes of at least 4 members (excludes halogenated alkanes) is 54. The Morgan fingerprint density at radius 3 is 0.602 bits per heavy atom. The van der Waals surface area contributed by atoms with E-state index in [-0.39, 0.29) is 25.7 Å². The Kier molecular flexibility index (Phi) is 71.9. The van der Waals surface area contributed by atoms with E-state index in [0.717, 1.165) is 89.9 Å². The molecule has 0 aromatic carbocycles. The molecule has 0 aliphatic rings. The number of phosphoric acid groups is 2. The van der Waals surface area contributed by atoms with Crippen LogP contribution in [0.1, 0.15) is 426 Å². The minimum Gasteiger partial charge on any atom is -0.462 e. The summed E-state index contributed by atoms with van der Waals surface area (Å²) in [6.45, 7) is 4.97. The molecule has 0 fully saturated rings. The van der Waals surface area contributed by atoms with E-state index < -0.39 is 97.5 Å². The Morgan fingerprint density at radius 1 is 0.245 bits per heavy atom. The molecule has 0 bridgehead atoms. The summed E-state index contributed by atoms with van der Waals surface area (Å²) in [4.78, 5) is 72.8. The number of hydrogen-bond acceptors (Lipinski definition) is 15. The second-order valence-corrected chi connectivity index (χ2v) is 31.4. The smallest absolute Gasteiger partial charge is 0.462 e. The number of carbonyl (C=O) groups is 4. The van der Waals surface area contributed by atoms with E-state index in [4.69, 9.17) is 37.0 Å². The third kappa shape index (κ3) is 72.4. The van der Waals surface area contributed by atoms with E-state index in [1.807, 2.05) is 0 Å². The second-order valence-electron chi connectivity index (χ2n) is 28.5. The largest absolute Gasteiger partial charge is 0.472 e. The van der Waals surface area contributed by atoms with Gasteiger partial charge in [-0.25, -0.2) is 9.13 Å². The lowest BCUT2D eigenvalue weighted by atomic mass is 10.0. The summed E-state index contributed by atoms with van der Waals surface area (Å²) in [5.74, 6) is -2.11. The zero-order valence-corrected chi connectivity index (χ0v) is 65.6. The lowest BCUT2D eigenvalue weighted by molar-refractivity contribution is -0.161. The molecule has 17 nitrogen and oxygen atoms in total. The molecule has 0 heterocycles. The van der Waals surface area contributed by atoms with Gasteiger partial charge in [0.05, 0.1) is 26.4 Å². The molecule has 0 amide bonds. The van der Waals surface area contributed by atoms with E-state index >= 15 is 0 Å². The minimum absolute atomic E-state index is 0.106. The van der Waals surface area contributed by atoms with Gasteiger partial charge >= 0.3 is 39.5 Å². The maximum absolute atomic E-state index is 13.1. The summed E-state index contributed by atoms with van der Waals surface area (Å²) in [7, 11) is -9.91. The van der Waals surface area contributed by atoms with Crippen molar-refractivity contribution in [1.29, 1.82) is 0 Å². The minimum atomic E-state index is -4.96. The summed E-state index contributed by atoms with van der Waals surface area (Å²) in [5.41, 5.74) is 0. The van der Waals surface area contributed by atoms with Crippen molar-refractivity contribution in [3.8, 4) is 0 Å². The van der Waals surface area contributed by atoms with Crippen LogP contribution in [0, 0.1) is 0 Å². The van der Waals surface area contributed by atoms with Gasteiger partial charge in [-0.2, -0.15) is 0 Å². The van der Waals surface area contributed by atoms with Crippen molar-refractivity contribution in [2.45, 2.75) is 444 Å². The monoisotopic (exact) mass is 1440 g/mol. The standard InChI is InChI=1S/C79H154O17P2/c1-5-9-13-17-21-25-27-29-31-33-35-36-37-38-40-42-44-46-50-54-58-62-66-79(84)96-75(70-90-77(82)64-60-56-52-49-45-43-41-39-34-32-30-28-26-22-18-14-10-6-2)72-94-98(87,88)92-68-73(80)67-91-97(85,86)93-71-74(95-78(83)65-61-57-53-48-24-20-16-12-8-4)69-89-76(81)63-59-55-51-47-23-19-15-11-7-3/h73-75,80H,5-72H2,1-4H3,(H,85,86)(H,87,88)/t73-,74+,75+/m0/s1. The van der Waals surface area contributed by atoms with Crippen LogP contribution in [0.4, 0.5) is 0 Å². The van der Waals surface area contributed by atoms with Crippen LogP contribution in [0.25, 0.3) is 0 Å². The number of aliphatic hydroxyl groups excluding tert-OH is 1. The van der Waals surface area contributed by atoms with Gasteiger partial charge < -0.3 is 33.8 Å². The van der Waals surface area contributed by atoms with E-state index in [9.17, 15) is 43.2 Å². The normalized spacial score (nSPS) is 13.8. The zero-order valence-electron chi connectivity index (χ0n) is 63.8. The van der Waals surface area contributed by atoms with Crippen LogP contribution in [0.2, 0.25) is 0 Å². The zero-order chi connectivity index (χ0) is 71.8. The molecular formula is C79H154O17P2. The Bertz CT molecular complexity index is 1860. The molecule has 3 N–H and O–H groups in total. The topological polar surface area (TPSA) is 237 Å². The van der Waals surface area contributed by atoms with Gasteiger partial charge in [0.25, 0.3) is 0 Å². The Morgan fingerprint density at radius 2 is 0.408 bits per heavy atom. The van der Waals surface area contributed by atoms with Crippen molar-refractivity contribution in [3.63, 3.8) is 0 Å². The van der Waals surface area contributed by atoms with Crippen molar-refractivity contribution in [1.82, 2.24) is 0 Å². The van der Waals surface area contributed by atoms with Gasteiger partial charge in [-0.05, 0) is 25.7 Å². The molecule has 0 spiro atoms. The van der Waals surface area contributed by atoms with Gasteiger partial charge in [-0.1, -0.05) is 374 Å². The highest BCUT2D eigenvalue weighted by Crippen LogP contribution is 2.45. The van der Waals surface area contributed by atoms with Crippen molar-refractivity contribution in [3.05, 3.63) is 0 Å². The summed E-state index contributed by atoms with van der Waals surface area (Å²) in [6, 6.07) is 0. The highest BCUT2D eigenvalue weighted by Gasteiger charge is 2.30. The molecule has 0 saturated carbocycles. The van der Waals surface area contributed by atoms with Crippen LogP contribution >= 0.6 is 15.6 Å². The van der Waals surface area contributed by atoms with Crippen molar-refractivity contribution < 1.29 is 80.2 Å². The molecule has 0 radical (unpaired) electrons. The molecule has 0 aliphatic carbocycles. The lowest BCUT2D eigenvalue weighted by Gasteiger charge is -2.21. The van der Waals surface area contributed by atoms with Crippen molar-refractivity contribution >= 4 is 39.5 Å². The highest BCUT2D eigenvalue weighted by molar-refractivity contribution is 7.47. The first kappa shape index (κ1) is 96.1. The number of esters is 4. The van der Waals surface area contributed by atoms with Gasteiger partial charge in [0.2, 0.25) is 0 Å². The molecule has 2 unspecified atom stereocenters. The molecule has 0 aromatic heterocycles. The van der Waals surface area contributed by atoms with Gasteiger partial charge in [0, 0.05) is 25.7 Å². The number of carbonyl (C=O) groups excluding carboxylic acids is 4. The molecule has 0 rings (SSSR count). The average molecular weight is 1440 g/mol. The van der Waals surface area contributed by atoms with E-state index in [0.29, 0.717) is 25.7 Å². The number of rotatable bonds is 80. The Balaban J connectivity index is 5.15. The highest BCUT2D eigenvalue weighted by atomic mass is 31.2. The summed E-state index contributed by atoms with van der Waals surface area (Å²) in [5, 5.41) is 10.6. The molecule has 582 valence electrons. The van der Waals surface area contributed by atoms with Crippen LogP contribution in [-0.4, -0.2) is 96.7 Å². The maximum atomic E-state index is 13.1. The van der Waals surface area contributed by atoms with Crippen molar-refractivity contribution in [2.75, 3.05) is 39.6 Å². The van der Waals surface area contributed by atoms with Gasteiger partial charge in [-0.15, -0.1) is 0 Å². The summed E-state index contributed by atoms with van der Waals surface area (Å²) in [6.07, 6.45) is 65.5. The summed E-state index contributed by atoms with van der Waals surface area (Å²) < 4.78 is 68.5. The molecule has 0 aliphatic heterocycles. The van der Waals surface area contributed by atoms with E-state index in [1.165, 1.54) is 257 Å². The van der Waals surface area contributed by atoms with Gasteiger partial charge in [0.15, 0.2) is 12.2 Å². The number of aliphatic hydroxyl groups is 1. The molecule has 0 aromatic rings. The predicted molar refractivity (Wildman–Crippen MR) is 400 cm³/mol. The number of phosphoric ester groups is 2. The fraction of sp³-hybridized carbons (Fsp3) is 0.949. The molecule has 19 heteroatoms. The second kappa shape index (κ2) is 73.4. The van der Waals surface area contributed by atoms with Gasteiger partial charge in [0.1, 0.15) is 19.3 Å². The van der Waals surface area contributed by atoms with E-state index in [2.05, 4.69) is 27.7 Å². The average Bonchev–Trinajstić information content (AvgIpc) is 1.05. The predicted octanol–water partition coefficient (Wildman–Crippen LogP) is 23.8. The summed E-state index contributed by atoms with van der Waals surface area (Å²) >= 11 is 0. The molecule has 98 heavy (non-hydrogen) atoms. The van der Waals surface area contributed by atoms with Crippen molar-refractivity contribution in [2.24, 2.45) is 0 Å². The number of ether oxygens (including phenoxy) is 4. The Hall–Kier alpha value is -1.94.